The second-order valence-corrected chi connectivity index (χ2v) is 5.33. The molecule has 0 amide bonds. The van der Waals surface area contributed by atoms with Crippen molar-refractivity contribution in [1.82, 2.24) is 4.98 Å². The quantitative estimate of drug-likeness (QED) is 0.784. The summed E-state index contributed by atoms with van der Waals surface area (Å²) in [5.41, 5.74) is 1.04. The smallest absolute Gasteiger partial charge is 0.213 e. The Hall–Kier alpha value is -1.07. The van der Waals surface area contributed by atoms with E-state index in [9.17, 15) is 4.79 Å². The Balaban J connectivity index is 2.70. The molecule has 0 spiro atoms. The lowest BCUT2D eigenvalue weighted by molar-refractivity contribution is -0.117. The van der Waals surface area contributed by atoms with E-state index in [1.54, 1.807) is 30.9 Å². The van der Waals surface area contributed by atoms with Crippen LogP contribution in [0.25, 0.3) is 0 Å². The van der Waals surface area contributed by atoms with Crippen molar-refractivity contribution in [3.8, 4) is 5.88 Å². The molecular formula is C13H19NO3S. The molecule has 100 valence electrons. The van der Waals surface area contributed by atoms with Gasteiger partial charge >= 0.3 is 0 Å². The number of thioether (sulfide) groups is 1. The van der Waals surface area contributed by atoms with Gasteiger partial charge in [-0.1, -0.05) is 13.0 Å². The number of pyridine rings is 1. The van der Waals surface area contributed by atoms with Crippen LogP contribution in [0.15, 0.2) is 18.3 Å². The van der Waals surface area contributed by atoms with Gasteiger partial charge in [0.25, 0.3) is 0 Å². The standard InChI is InChI=1S/C13H19NO3S/c1-3-18-12(8-10(2)16)11-4-5-13(14-9-11)17-7-6-15/h4-5,9,12,15H,3,6-8H2,1-2H3. The highest BCUT2D eigenvalue weighted by atomic mass is 32.2. The number of rotatable bonds is 8. The van der Waals surface area contributed by atoms with Crippen LogP contribution in [-0.4, -0.2) is 34.8 Å². The zero-order valence-corrected chi connectivity index (χ0v) is 11.6. The predicted octanol–water partition coefficient (Wildman–Crippen LogP) is 2.23. The summed E-state index contributed by atoms with van der Waals surface area (Å²) in [6.45, 7) is 3.90. The summed E-state index contributed by atoms with van der Waals surface area (Å²) >= 11 is 1.74. The third kappa shape index (κ3) is 5.06. The van der Waals surface area contributed by atoms with Crippen LogP contribution >= 0.6 is 11.8 Å². The van der Waals surface area contributed by atoms with E-state index in [2.05, 4.69) is 11.9 Å². The highest BCUT2D eigenvalue weighted by molar-refractivity contribution is 7.99. The average Bonchev–Trinajstić information content (AvgIpc) is 2.36. The van der Waals surface area contributed by atoms with Crippen LogP contribution in [0.2, 0.25) is 0 Å². The summed E-state index contributed by atoms with van der Waals surface area (Å²) in [5.74, 6) is 1.64. The number of carbonyl (C=O) groups excluding carboxylic acids is 1. The van der Waals surface area contributed by atoms with Gasteiger partial charge in [0.2, 0.25) is 5.88 Å². The van der Waals surface area contributed by atoms with E-state index in [1.807, 2.05) is 6.07 Å². The normalized spacial score (nSPS) is 12.2. The molecule has 1 unspecified atom stereocenters. The largest absolute Gasteiger partial charge is 0.475 e. The second kappa shape index (κ2) is 8.11. The lowest BCUT2D eigenvalue weighted by Gasteiger charge is -2.14. The molecule has 1 aromatic rings. The third-order valence-electron chi connectivity index (χ3n) is 2.31. The number of aliphatic hydroxyl groups is 1. The first-order valence-electron chi connectivity index (χ1n) is 5.98. The van der Waals surface area contributed by atoms with Gasteiger partial charge in [0.05, 0.1) is 6.61 Å². The second-order valence-electron chi connectivity index (χ2n) is 3.85. The molecule has 0 aliphatic carbocycles. The van der Waals surface area contributed by atoms with Gasteiger partial charge in [0, 0.05) is 23.9 Å². The zero-order chi connectivity index (χ0) is 13.4. The predicted molar refractivity (Wildman–Crippen MR) is 73.0 cm³/mol. The summed E-state index contributed by atoms with van der Waals surface area (Å²) in [6, 6.07) is 3.70. The Morgan fingerprint density at radius 1 is 1.56 bits per heavy atom. The SMILES string of the molecule is CCSC(CC(C)=O)c1ccc(OCCO)nc1. The van der Waals surface area contributed by atoms with Crippen molar-refractivity contribution in [2.75, 3.05) is 19.0 Å². The van der Waals surface area contributed by atoms with Crippen LogP contribution < -0.4 is 4.74 Å². The lowest BCUT2D eigenvalue weighted by atomic mass is 10.1. The molecule has 1 heterocycles. The summed E-state index contributed by atoms with van der Waals surface area (Å²) in [7, 11) is 0. The van der Waals surface area contributed by atoms with Crippen molar-refractivity contribution in [2.24, 2.45) is 0 Å². The molecule has 0 aliphatic heterocycles. The molecule has 0 aromatic carbocycles. The Morgan fingerprint density at radius 2 is 2.33 bits per heavy atom. The summed E-state index contributed by atoms with van der Waals surface area (Å²) in [6.07, 6.45) is 2.26. The van der Waals surface area contributed by atoms with Gasteiger partial charge in [-0.2, -0.15) is 11.8 Å². The molecule has 18 heavy (non-hydrogen) atoms. The van der Waals surface area contributed by atoms with Gasteiger partial charge in [-0.05, 0) is 18.2 Å². The van der Waals surface area contributed by atoms with Crippen LogP contribution in [0, 0.1) is 0 Å². The first-order chi connectivity index (χ1) is 8.67. The van der Waals surface area contributed by atoms with Crippen molar-refractivity contribution < 1.29 is 14.6 Å². The molecule has 0 bridgehead atoms. The van der Waals surface area contributed by atoms with Crippen molar-refractivity contribution in [2.45, 2.75) is 25.5 Å². The monoisotopic (exact) mass is 269 g/mol. The maximum atomic E-state index is 11.2. The molecule has 0 aliphatic rings. The van der Waals surface area contributed by atoms with Crippen molar-refractivity contribution >= 4 is 17.5 Å². The number of Topliss-reactive ketones (excluding diaryl/α,β-unsaturated/α-hetero) is 1. The molecule has 0 radical (unpaired) electrons. The van der Waals surface area contributed by atoms with E-state index in [-0.39, 0.29) is 24.2 Å². The van der Waals surface area contributed by atoms with Gasteiger partial charge in [-0.25, -0.2) is 4.98 Å². The first-order valence-corrected chi connectivity index (χ1v) is 7.03. The van der Waals surface area contributed by atoms with Crippen LogP contribution in [0.3, 0.4) is 0 Å². The van der Waals surface area contributed by atoms with E-state index < -0.39 is 0 Å². The van der Waals surface area contributed by atoms with Gasteiger partial charge in [-0.15, -0.1) is 0 Å². The Morgan fingerprint density at radius 3 is 2.83 bits per heavy atom. The summed E-state index contributed by atoms with van der Waals surface area (Å²) in [5, 5.41) is 8.81. The lowest BCUT2D eigenvalue weighted by Crippen LogP contribution is -2.05. The molecule has 4 nitrogen and oxygen atoms in total. The first kappa shape index (κ1) is 15.0. The van der Waals surface area contributed by atoms with Gasteiger partial charge in [-0.3, -0.25) is 4.79 Å². The zero-order valence-electron chi connectivity index (χ0n) is 10.8. The number of carbonyl (C=O) groups is 1. The number of ketones is 1. The van der Waals surface area contributed by atoms with Gasteiger partial charge in [0.1, 0.15) is 12.4 Å². The number of hydrogen-bond acceptors (Lipinski definition) is 5. The minimum Gasteiger partial charge on any atom is -0.475 e. The minimum atomic E-state index is -0.0257. The molecule has 1 N–H and O–H groups in total. The summed E-state index contributed by atoms with van der Waals surface area (Å²) in [4.78, 5) is 15.4. The highest BCUT2D eigenvalue weighted by Crippen LogP contribution is 2.32. The molecule has 5 heteroatoms. The van der Waals surface area contributed by atoms with Crippen LogP contribution in [0.5, 0.6) is 5.88 Å². The maximum Gasteiger partial charge on any atom is 0.213 e. The molecule has 0 fully saturated rings. The molecule has 0 saturated heterocycles. The number of aromatic nitrogens is 1. The number of aliphatic hydroxyl groups excluding tert-OH is 1. The van der Waals surface area contributed by atoms with Crippen molar-refractivity contribution in [1.29, 1.82) is 0 Å². The fourth-order valence-corrected chi connectivity index (χ4v) is 2.64. The summed E-state index contributed by atoms with van der Waals surface area (Å²) < 4.78 is 5.20. The van der Waals surface area contributed by atoms with Crippen LogP contribution in [0.1, 0.15) is 31.1 Å². The van der Waals surface area contributed by atoms with Crippen LogP contribution in [0.4, 0.5) is 0 Å². The number of nitrogens with zero attached hydrogens (tertiary/aromatic N) is 1. The molecular weight excluding hydrogens is 250 g/mol. The topological polar surface area (TPSA) is 59.4 Å². The molecule has 0 saturated carbocycles. The van der Waals surface area contributed by atoms with Gasteiger partial charge in [0.15, 0.2) is 0 Å². The fraction of sp³-hybridized carbons (Fsp3) is 0.538. The van der Waals surface area contributed by atoms with Crippen LogP contribution in [-0.2, 0) is 4.79 Å². The molecule has 1 aromatic heterocycles. The van der Waals surface area contributed by atoms with E-state index in [1.165, 1.54) is 0 Å². The minimum absolute atomic E-state index is 0.0257. The number of hydrogen-bond donors (Lipinski definition) is 1. The fourth-order valence-electron chi connectivity index (χ4n) is 1.55. The molecule has 1 atom stereocenters. The van der Waals surface area contributed by atoms with E-state index >= 15 is 0 Å². The average molecular weight is 269 g/mol. The van der Waals surface area contributed by atoms with Crippen molar-refractivity contribution in [3.05, 3.63) is 23.9 Å². The van der Waals surface area contributed by atoms with E-state index in [0.717, 1.165) is 11.3 Å². The molecule has 1 rings (SSSR count). The van der Waals surface area contributed by atoms with E-state index in [0.29, 0.717) is 12.3 Å². The highest BCUT2D eigenvalue weighted by Gasteiger charge is 2.14. The van der Waals surface area contributed by atoms with Gasteiger partial charge < -0.3 is 9.84 Å². The Kier molecular flexibility index (Phi) is 6.75. The van der Waals surface area contributed by atoms with Crippen molar-refractivity contribution in [3.63, 3.8) is 0 Å². The van der Waals surface area contributed by atoms with E-state index in [4.69, 9.17) is 9.84 Å². The maximum absolute atomic E-state index is 11.2. The Bertz CT molecular complexity index is 367. The Labute approximate surface area is 112 Å². The third-order valence-corrected chi connectivity index (χ3v) is 3.49. The number of ether oxygens (including phenoxy) is 1.